The van der Waals surface area contributed by atoms with Gasteiger partial charge in [0.15, 0.2) is 0 Å². The predicted octanol–water partition coefficient (Wildman–Crippen LogP) is 2.31. The van der Waals surface area contributed by atoms with Crippen molar-refractivity contribution in [2.75, 3.05) is 39.8 Å². The van der Waals surface area contributed by atoms with Crippen molar-refractivity contribution in [1.29, 1.82) is 0 Å². The lowest BCUT2D eigenvalue weighted by Gasteiger charge is -2.47. The zero-order valence-electron chi connectivity index (χ0n) is 13.3. The highest BCUT2D eigenvalue weighted by Gasteiger charge is 2.43. The van der Waals surface area contributed by atoms with Crippen LogP contribution in [0, 0.1) is 11.8 Å². The fourth-order valence-electron chi connectivity index (χ4n) is 4.58. The van der Waals surface area contributed by atoms with Gasteiger partial charge in [-0.3, -0.25) is 4.90 Å². The molecule has 116 valence electrons. The van der Waals surface area contributed by atoms with E-state index in [9.17, 15) is 0 Å². The topological polar surface area (TPSA) is 32.5 Å². The number of rotatable bonds is 6. The first-order valence-corrected chi connectivity index (χ1v) is 8.87. The molecule has 2 unspecified atom stereocenters. The lowest BCUT2D eigenvalue weighted by atomic mass is 9.73. The van der Waals surface area contributed by atoms with Crippen LogP contribution in [-0.2, 0) is 0 Å². The molecule has 2 saturated carbocycles. The normalized spacial score (nSPS) is 35.9. The summed E-state index contributed by atoms with van der Waals surface area (Å²) in [7, 11) is 2.33. The molecule has 0 aromatic rings. The highest BCUT2D eigenvalue weighted by Crippen LogP contribution is 2.47. The Labute approximate surface area is 124 Å². The molecule has 0 aromatic carbocycles. The molecule has 1 saturated heterocycles. The minimum atomic E-state index is 0.311. The average molecular weight is 279 g/mol. The van der Waals surface area contributed by atoms with Gasteiger partial charge in [-0.1, -0.05) is 12.8 Å². The zero-order valence-corrected chi connectivity index (χ0v) is 13.3. The summed E-state index contributed by atoms with van der Waals surface area (Å²) in [4.78, 5) is 5.25. The van der Waals surface area contributed by atoms with Gasteiger partial charge in [0.2, 0.25) is 0 Å². The summed E-state index contributed by atoms with van der Waals surface area (Å²) in [6.07, 6.45) is 11.3. The second-order valence-electron chi connectivity index (χ2n) is 7.59. The molecule has 0 radical (unpaired) electrons. The highest BCUT2D eigenvalue weighted by atomic mass is 15.2. The van der Waals surface area contributed by atoms with Gasteiger partial charge in [-0.05, 0) is 70.5 Å². The molecule has 3 fully saturated rings. The number of nitrogens with zero attached hydrogens (tertiary/aromatic N) is 2. The quantitative estimate of drug-likeness (QED) is 0.810. The van der Waals surface area contributed by atoms with Gasteiger partial charge in [0.25, 0.3) is 0 Å². The second-order valence-corrected chi connectivity index (χ2v) is 7.59. The van der Waals surface area contributed by atoms with Crippen molar-refractivity contribution in [2.45, 2.75) is 56.9 Å². The summed E-state index contributed by atoms with van der Waals surface area (Å²) < 4.78 is 0. The number of likely N-dealkylation sites (N-methyl/N-ethyl adjacent to an activating group) is 1. The maximum atomic E-state index is 6.25. The molecular weight excluding hydrogens is 246 g/mol. The lowest BCUT2D eigenvalue weighted by molar-refractivity contribution is 0.0458. The van der Waals surface area contributed by atoms with E-state index in [4.69, 9.17) is 5.73 Å². The van der Waals surface area contributed by atoms with Crippen LogP contribution in [0.2, 0.25) is 0 Å². The summed E-state index contributed by atoms with van der Waals surface area (Å²) in [6, 6.07) is 0. The van der Waals surface area contributed by atoms with Crippen molar-refractivity contribution in [1.82, 2.24) is 9.80 Å². The van der Waals surface area contributed by atoms with Crippen LogP contribution in [0.3, 0.4) is 0 Å². The standard InChI is InChI=1S/C17H33N3/c1-19(11-12-20-9-2-3-10-20)17(14-18)8-4-5-16(13-17)15-6-7-15/h15-16H,2-14,18H2,1H3. The minimum absolute atomic E-state index is 0.311. The van der Waals surface area contributed by atoms with E-state index in [1.54, 1.807) is 0 Å². The van der Waals surface area contributed by atoms with Crippen LogP contribution in [0.4, 0.5) is 0 Å². The summed E-state index contributed by atoms with van der Waals surface area (Å²) in [5, 5.41) is 0. The molecule has 1 aliphatic heterocycles. The van der Waals surface area contributed by atoms with E-state index in [0.29, 0.717) is 5.54 Å². The van der Waals surface area contributed by atoms with Gasteiger partial charge >= 0.3 is 0 Å². The second kappa shape index (κ2) is 6.33. The van der Waals surface area contributed by atoms with Gasteiger partial charge in [-0.25, -0.2) is 0 Å². The van der Waals surface area contributed by atoms with Crippen LogP contribution < -0.4 is 5.73 Å². The summed E-state index contributed by atoms with van der Waals surface area (Å²) in [6.45, 7) is 5.93. The third kappa shape index (κ3) is 3.20. The SMILES string of the molecule is CN(CCN1CCCC1)C1(CN)CCCC(C2CC2)C1. The molecule has 0 amide bonds. The van der Waals surface area contributed by atoms with Crippen molar-refractivity contribution in [3.63, 3.8) is 0 Å². The molecule has 3 aliphatic rings. The first-order valence-electron chi connectivity index (χ1n) is 8.87. The van der Waals surface area contributed by atoms with Crippen LogP contribution in [-0.4, -0.2) is 55.1 Å². The molecule has 20 heavy (non-hydrogen) atoms. The van der Waals surface area contributed by atoms with Crippen molar-refractivity contribution >= 4 is 0 Å². The molecule has 0 aromatic heterocycles. The smallest absolute Gasteiger partial charge is 0.0331 e. The molecule has 2 N–H and O–H groups in total. The van der Waals surface area contributed by atoms with Crippen LogP contribution in [0.25, 0.3) is 0 Å². The Morgan fingerprint density at radius 2 is 1.85 bits per heavy atom. The van der Waals surface area contributed by atoms with Crippen molar-refractivity contribution in [3.05, 3.63) is 0 Å². The van der Waals surface area contributed by atoms with E-state index < -0.39 is 0 Å². The predicted molar refractivity (Wildman–Crippen MR) is 84.8 cm³/mol. The molecule has 1 heterocycles. The third-order valence-electron chi connectivity index (χ3n) is 6.29. The zero-order chi connectivity index (χ0) is 14.0. The fraction of sp³-hybridized carbons (Fsp3) is 1.00. The molecule has 3 nitrogen and oxygen atoms in total. The largest absolute Gasteiger partial charge is 0.329 e. The molecule has 2 aliphatic carbocycles. The van der Waals surface area contributed by atoms with E-state index in [-0.39, 0.29) is 0 Å². The Bertz CT molecular complexity index is 309. The lowest BCUT2D eigenvalue weighted by Crippen LogP contribution is -2.56. The Balaban J connectivity index is 1.55. The van der Waals surface area contributed by atoms with Gasteiger partial charge in [0.05, 0.1) is 0 Å². The van der Waals surface area contributed by atoms with Crippen LogP contribution in [0.5, 0.6) is 0 Å². The first kappa shape index (κ1) is 14.8. The van der Waals surface area contributed by atoms with E-state index in [1.165, 1.54) is 77.5 Å². The maximum absolute atomic E-state index is 6.25. The number of hydrogen-bond donors (Lipinski definition) is 1. The molecule has 0 spiro atoms. The van der Waals surface area contributed by atoms with Crippen molar-refractivity contribution in [2.24, 2.45) is 17.6 Å². The van der Waals surface area contributed by atoms with Gasteiger partial charge < -0.3 is 10.6 Å². The summed E-state index contributed by atoms with van der Waals surface area (Å²) in [5.41, 5.74) is 6.56. The van der Waals surface area contributed by atoms with Crippen molar-refractivity contribution < 1.29 is 0 Å². The molecule has 3 heteroatoms. The van der Waals surface area contributed by atoms with E-state index in [2.05, 4.69) is 16.8 Å². The maximum Gasteiger partial charge on any atom is 0.0331 e. The molecule has 0 bridgehead atoms. The highest BCUT2D eigenvalue weighted by molar-refractivity contribution is 4.99. The van der Waals surface area contributed by atoms with Gasteiger partial charge in [-0.15, -0.1) is 0 Å². The van der Waals surface area contributed by atoms with Gasteiger partial charge in [-0.2, -0.15) is 0 Å². The van der Waals surface area contributed by atoms with Crippen molar-refractivity contribution in [3.8, 4) is 0 Å². The van der Waals surface area contributed by atoms with E-state index in [1.807, 2.05) is 0 Å². The summed E-state index contributed by atoms with van der Waals surface area (Å²) >= 11 is 0. The van der Waals surface area contributed by atoms with Crippen LogP contribution in [0.1, 0.15) is 51.4 Å². The monoisotopic (exact) mass is 279 g/mol. The molecule has 3 rings (SSSR count). The number of hydrogen-bond acceptors (Lipinski definition) is 3. The number of likely N-dealkylation sites (tertiary alicyclic amines) is 1. The third-order valence-corrected chi connectivity index (χ3v) is 6.29. The fourth-order valence-corrected chi connectivity index (χ4v) is 4.58. The molecule has 2 atom stereocenters. The van der Waals surface area contributed by atoms with Gasteiger partial charge in [0, 0.05) is 25.2 Å². The molecular formula is C17H33N3. The Hall–Kier alpha value is -0.120. The first-order chi connectivity index (χ1) is 9.73. The Kier molecular flexibility index (Phi) is 4.68. The van der Waals surface area contributed by atoms with E-state index >= 15 is 0 Å². The van der Waals surface area contributed by atoms with Gasteiger partial charge in [0.1, 0.15) is 0 Å². The van der Waals surface area contributed by atoms with Crippen LogP contribution in [0.15, 0.2) is 0 Å². The number of nitrogens with two attached hydrogens (primary N) is 1. The van der Waals surface area contributed by atoms with E-state index in [0.717, 1.165) is 18.4 Å². The van der Waals surface area contributed by atoms with Crippen LogP contribution >= 0.6 is 0 Å². The summed E-state index contributed by atoms with van der Waals surface area (Å²) in [5.74, 6) is 2.02. The minimum Gasteiger partial charge on any atom is -0.329 e. The Morgan fingerprint density at radius 3 is 2.50 bits per heavy atom. The Morgan fingerprint density at radius 1 is 1.10 bits per heavy atom. The average Bonchev–Trinajstić information content (AvgIpc) is 3.21.